The van der Waals surface area contributed by atoms with Gasteiger partial charge in [0.1, 0.15) is 0 Å². The fourth-order valence-electron chi connectivity index (χ4n) is 1.33. The van der Waals surface area contributed by atoms with Crippen molar-refractivity contribution >= 4 is 33.1 Å². The number of aromatic carboxylic acids is 1. The van der Waals surface area contributed by atoms with Crippen LogP contribution in [0, 0.1) is 0 Å². The van der Waals surface area contributed by atoms with E-state index in [1.54, 1.807) is 0 Å². The van der Waals surface area contributed by atoms with Crippen molar-refractivity contribution in [1.29, 1.82) is 0 Å². The first-order valence-electron chi connectivity index (χ1n) is 5.30. The average Bonchev–Trinajstić information content (AvgIpc) is 2.34. The Morgan fingerprint density at radius 3 is 2.53 bits per heavy atom. The van der Waals surface area contributed by atoms with Crippen LogP contribution in [0.15, 0.2) is 23.1 Å². The van der Waals surface area contributed by atoms with Gasteiger partial charge in [-0.1, -0.05) is 0 Å². The van der Waals surface area contributed by atoms with Gasteiger partial charge in [0, 0.05) is 18.5 Å². The number of aliphatic hydroxyl groups is 1. The third-order valence-electron chi connectivity index (χ3n) is 2.30. The predicted molar refractivity (Wildman–Crippen MR) is 71.7 cm³/mol. The normalized spacial score (nSPS) is 13.0. The van der Waals surface area contributed by atoms with E-state index in [0.717, 1.165) is 12.3 Å². The topological polar surface area (TPSA) is 104 Å². The fraction of sp³-hybridized carbons (Fsp3) is 0.364. The third-order valence-corrected chi connectivity index (χ3v) is 3.75. The molecule has 106 valence electrons. The first kappa shape index (κ1) is 15.7. The van der Waals surface area contributed by atoms with Crippen LogP contribution in [0.4, 0.5) is 5.69 Å². The summed E-state index contributed by atoms with van der Waals surface area (Å²) in [5.41, 5.74) is 0.148. The molecule has 0 spiro atoms. The van der Waals surface area contributed by atoms with Crippen LogP contribution in [0.2, 0.25) is 0 Å². The number of carbonyl (C=O) groups is 1. The van der Waals surface area contributed by atoms with Gasteiger partial charge >= 0.3 is 5.97 Å². The SMILES string of the molecule is CS(=O)(=O)c1cc(NCC(O)CCl)cc(C(=O)O)c1. The van der Waals surface area contributed by atoms with Crippen LogP contribution in [0.1, 0.15) is 10.4 Å². The van der Waals surface area contributed by atoms with Crippen LogP contribution in [-0.2, 0) is 9.84 Å². The van der Waals surface area contributed by atoms with E-state index in [4.69, 9.17) is 16.7 Å². The second-order valence-corrected chi connectivity index (χ2v) is 6.34. The van der Waals surface area contributed by atoms with Gasteiger partial charge < -0.3 is 15.5 Å². The van der Waals surface area contributed by atoms with Gasteiger partial charge in [0.2, 0.25) is 0 Å². The zero-order chi connectivity index (χ0) is 14.6. The molecule has 1 unspecified atom stereocenters. The van der Waals surface area contributed by atoms with Crippen molar-refractivity contribution in [3.63, 3.8) is 0 Å². The second-order valence-electron chi connectivity index (χ2n) is 4.01. The Bertz CT molecular complexity index is 572. The van der Waals surface area contributed by atoms with Gasteiger partial charge in [0.15, 0.2) is 9.84 Å². The molecule has 8 heteroatoms. The quantitative estimate of drug-likeness (QED) is 0.672. The fourth-order valence-corrected chi connectivity index (χ4v) is 2.12. The van der Waals surface area contributed by atoms with Crippen molar-refractivity contribution in [1.82, 2.24) is 0 Å². The Kier molecular flexibility index (Phi) is 5.16. The number of halogens is 1. The van der Waals surface area contributed by atoms with Crippen LogP contribution in [0.25, 0.3) is 0 Å². The molecule has 0 radical (unpaired) electrons. The van der Waals surface area contributed by atoms with Gasteiger partial charge in [-0.25, -0.2) is 13.2 Å². The number of nitrogens with one attached hydrogen (secondary N) is 1. The molecule has 0 aromatic heterocycles. The van der Waals surface area contributed by atoms with Crippen molar-refractivity contribution in [3.05, 3.63) is 23.8 Å². The lowest BCUT2D eigenvalue weighted by Crippen LogP contribution is -2.21. The molecule has 0 amide bonds. The Balaban J connectivity index is 3.11. The Labute approximate surface area is 115 Å². The summed E-state index contributed by atoms with van der Waals surface area (Å²) in [6, 6.07) is 3.68. The molecular formula is C11H14ClNO5S. The van der Waals surface area contributed by atoms with E-state index in [9.17, 15) is 18.3 Å². The van der Waals surface area contributed by atoms with Crippen LogP contribution in [0.5, 0.6) is 0 Å². The largest absolute Gasteiger partial charge is 0.478 e. The summed E-state index contributed by atoms with van der Waals surface area (Å²) in [4.78, 5) is 10.8. The van der Waals surface area contributed by atoms with E-state index in [0.29, 0.717) is 5.69 Å². The molecule has 1 aromatic carbocycles. The van der Waals surface area contributed by atoms with Crippen LogP contribution in [0.3, 0.4) is 0 Å². The average molecular weight is 308 g/mol. The standard InChI is InChI=1S/C11H14ClNO5S/c1-19(17,18)10-3-7(11(15)16)2-8(4-10)13-6-9(14)5-12/h2-4,9,13-14H,5-6H2,1H3,(H,15,16). The third kappa shape index (κ3) is 4.70. The summed E-state index contributed by atoms with van der Waals surface area (Å²) in [5, 5.41) is 21.0. The minimum atomic E-state index is -3.52. The summed E-state index contributed by atoms with van der Waals surface area (Å²) in [7, 11) is -3.52. The molecule has 0 fully saturated rings. The summed E-state index contributed by atoms with van der Waals surface area (Å²) in [5.74, 6) is -1.21. The monoisotopic (exact) mass is 307 g/mol. The van der Waals surface area contributed by atoms with E-state index < -0.39 is 21.9 Å². The number of aliphatic hydroxyl groups excluding tert-OH is 1. The maximum absolute atomic E-state index is 11.5. The number of sulfone groups is 1. The number of hydrogen-bond donors (Lipinski definition) is 3. The van der Waals surface area contributed by atoms with Gasteiger partial charge in [0.25, 0.3) is 0 Å². The highest BCUT2D eigenvalue weighted by Crippen LogP contribution is 2.19. The molecule has 3 N–H and O–H groups in total. The molecule has 0 saturated carbocycles. The molecule has 0 aliphatic rings. The second kappa shape index (κ2) is 6.23. The highest BCUT2D eigenvalue weighted by atomic mass is 35.5. The molecule has 0 aliphatic heterocycles. The number of carboxylic acid groups (broad SMARTS) is 1. The van der Waals surface area contributed by atoms with Gasteiger partial charge in [-0.15, -0.1) is 11.6 Å². The van der Waals surface area contributed by atoms with Crippen LogP contribution < -0.4 is 5.32 Å². The van der Waals surface area contributed by atoms with Crippen LogP contribution >= 0.6 is 11.6 Å². The maximum Gasteiger partial charge on any atom is 0.335 e. The Hall–Kier alpha value is -1.31. The van der Waals surface area contributed by atoms with E-state index >= 15 is 0 Å². The number of anilines is 1. The molecule has 1 rings (SSSR count). The van der Waals surface area contributed by atoms with Crippen molar-refractivity contribution < 1.29 is 23.4 Å². The van der Waals surface area contributed by atoms with E-state index in [1.165, 1.54) is 12.1 Å². The number of rotatable bonds is 6. The van der Waals surface area contributed by atoms with Crippen molar-refractivity contribution in [3.8, 4) is 0 Å². The minimum Gasteiger partial charge on any atom is -0.478 e. The van der Waals surface area contributed by atoms with Gasteiger partial charge in [-0.05, 0) is 18.2 Å². The van der Waals surface area contributed by atoms with Gasteiger partial charge in [-0.2, -0.15) is 0 Å². The zero-order valence-electron chi connectivity index (χ0n) is 10.1. The van der Waals surface area contributed by atoms with Crippen LogP contribution in [-0.4, -0.2) is 49.4 Å². The number of benzene rings is 1. The number of hydrogen-bond acceptors (Lipinski definition) is 5. The summed E-state index contributed by atoms with van der Waals surface area (Å²) < 4.78 is 22.9. The molecule has 6 nitrogen and oxygen atoms in total. The number of carboxylic acids is 1. The molecular weight excluding hydrogens is 294 g/mol. The van der Waals surface area contributed by atoms with E-state index in [1.807, 2.05) is 0 Å². The van der Waals surface area contributed by atoms with Crippen molar-refractivity contribution in [2.45, 2.75) is 11.0 Å². The zero-order valence-corrected chi connectivity index (χ0v) is 11.7. The molecule has 0 saturated heterocycles. The first-order valence-corrected chi connectivity index (χ1v) is 7.73. The maximum atomic E-state index is 11.5. The van der Waals surface area contributed by atoms with Gasteiger partial charge in [-0.3, -0.25) is 0 Å². The highest BCUT2D eigenvalue weighted by molar-refractivity contribution is 7.90. The van der Waals surface area contributed by atoms with Gasteiger partial charge in [0.05, 0.1) is 22.4 Å². The molecule has 19 heavy (non-hydrogen) atoms. The lowest BCUT2D eigenvalue weighted by molar-refractivity contribution is 0.0696. The lowest BCUT2D eigenvalue weighted by atomic mass is 10.2. The Morgan fingerprint density at radius 1 is 1.42 bits per heavy atom. The smallest absolute Gasteiger partial charge is 0.335 e. The molecule has 0 bridgehead atoms. The molecule has 0 heterocycles. The first-order chi connectivity index (χ1) is 8.74. The molecule has 0 aliphatic carbocycles. The summed E-state index contributed by atoms with van der Waals surface area (Å²) >= 11 is 5.42. The van der Waals surface area contributed by atoms with E-state index in [-0.39, 0.29) is 22.9 Å². The van der Waals surface area contributed by atoms with Crippen molar-refractivity contribution in [2.24, 2.45) is 0 Å². The highest BCUT2D eigenvalue weighted by Gasteiger charge is 2.14. The molecule has 1 aromatic rings. The number of alkyl halides is 1. The lowest BCUT2D eigenvalue weighted by Gasteiger charge is -2.12. The predicted octanol–water partition coefficient (Wildman–Crippen LogP) is 0.800. The molecule has 1 atom stereocenters. The minimum absolute atomic E-state index is 0.0184. The summed E-state index contributed by atoms with van der Waals surface area (Å²) in [6.45, 7) is 0.0930. The summed E-state index contributed by atoms with van der Waals surface area (Å²) in [6.07, 6.45) is 0.183. The van der Waals surface area contributed by atoms with E-state index in [2.05, 4.69) is 5.32 Å². The Morgan fingerprint density at radius 2 is 2.05 bits per heavy atom. The van der Waals surface area contributed by atoms with Crippen molar-refractivity contribution in [2.75, 3.05) is 24.0 Å².